The summed E-state index contributed by atoms with van der Waals surface area (Å²) >= 11 is 0. The van der Waals surface area contributed by atoms with Gasteiger partial charge in [-0.15, -0.1) is 0 Å². The fraction of sp³-hybridized carbons (Fsp3) is 0.824. The molecule has 0 radical (unpaired) electrons. The highest BCUT2D eigenvalue weighted by atomic mass is 16.6. The van der Waals surface area contributed by atoms with E-state index in [1.807, 2.05) is 0 Å². The highest BCUT2D eigenvalue weighted by Crippen LogP contribution is 2.18. The van der Waals surface area contributed by atoms with Crippen LogP contribution in [0.25, 0.3) is 0 Å². The van der Waals surface area contributed by atoms with Crippen LogP contribution in [0.1, 0.15) is 374 Å². The van der Waals surface area contributed by atoms with Crippen LogP contribution in [0.15, 0.2) is 60.8 Å². The summed E-state index contributed by atoms with van der Waals surface area (Å²) in [6.07, 6.45) is 88.1. The third kappa shape index (κ3) is 65.9. The van der Waals surface area contributed by atoms with E-state index in [1.54, 1.807) is 0 Å². The van der Waals surface area contributed by atoms with E-state index in [4.69, 9.17) is 14.2 Å². The molecular formula is C74H134O6. The van der Waals surface area contributed by atoms with E-state index in [1.165, 1.54) is 238 Å². The molecule has 0 heterocycles. The second kappa shape index (κ2) is 68.6. The molecule has 0 aromatic carbocycles. The van der Waals surface area contributed by atoms with Gasteiger partial charge in [-0.05, 0) is 64.2 Å². The molecule has 0 saturated carbocycles. The van der Waals surface area contributed by atoms with Crippen LogP contribution in [0.3, 0.4) is 0 Å². The standard InChI is InChI=1S/C74H134O6/c1-4-7-10-13-16-19-22-25-28-31-34-36-37-39-40-43-46-49-52-55-58-61-64-67-73(76)79-70-71(69-78-72(75)66-63-60-57-54-51-48-45-42-33-30-27-24-21-18-15-12-9-6-3)80-74(77)68-65-62-59-56-53-50-47-44-41-38-35-32-29-26-23-20-17-14-11-8-5-2/h7,10,16,19,25,28,34,36,39-40,71H,4-6,8-9,11-15,17-18,20-24,26-27,29-33,35,37-38,41-70H2,1-3H3/b10-7-,19-16-,28-25-,36-34-,40-39-. The van der Waals surface area contributed by atoms with E-state index in [0.29, 0.717) is 19.3 Å². The Labute approximate surface area is 498 Å². The van der Waals surface area contributed by atoms with Crippen molar-refractivity contribution in [2.45, 2.75) is 380 Å². The van der Waals surface area contributed by atoms with Crippen molar-refractivity contribution in [2.75, 3.05) is 13.2 Å². The van der Waals surface area contributed by atoms with Crippen molar-refractivity contribution < 1.29 is 28.6 Å². The van der Waals surface area contributed by atoms with Gasteiger partial charge in [-0.2, -0.15) is 0 Å². The topological polar surface area (TPSA) is 78.9 Å². The first-order valence-corrected chi connectivity index (χ1v) is 35.3. The van der Waals surface area contributed by atoms with E-state index in [2.05, 4.69) is 81.5 Å². The van der Waals surface area contributed by atoms with Gasteiger partial charge in [0.15, 0.2) is 6.10 Å². The van der Waals surface area contributed by atoms with Crippen LogP contribution in [0.2, 0.25) is 0 Å². The highest BCUT2D eigenvalue weighted by molar-refractivity contribution is 5.71. The van der Waals surface area contributed by atoms with Crippen molar-refractivity contribution >= 4 is 17.9 Å². The summed E-state index contributed by atoms with van der Waals surface area (Å²) in [6.45, 7) is 6.59. The summed E-state index contributed by atoms with van der Waals surface area (Å²) in [4.78, 5) is 38.5. The molecule has 0 aromatic rings. The van der Waals surface area contributed by atoms with Crippen molar-refractivity contribution in [3.05, 3.63) is 60.8 Å². The predicted molar refractivity (Wildman–Crippen MR) is 348 cm³/mol. The molecule has 0 saturated heterocycles. The number of carbonyl (C=O) groups excluding carboxylic acids is 3. The Hall–Kier alpha value is -2.89. The Bertz CT molecular complexity index is 1430. The zero-order valence-electron chi connectivity index (χ0n) is 53.6. The molecule has 0 amide bonds. The molecule has 0 aliphatic rings. The normalized spacial score (nSPS) is 12.4. The number of hydrogen-bond donors (Lipinski definition) is 0. The first-order chi connectivity index (χ1) is 39.5. The number of carbonyl (C=O) groups is 3. The number of rotatable bonds is 65. The van der Waals surface area contributed by atoms with Crippen LogP contribution >= 0.6 is 0 Å². The van der Waals surface area contributed by atoms with E-state index in [9.17, 15) is 14.4 Å². The number of allylic oxidation sites excluding steroid dienone is 10. The molecule has 0 aliphatic heterocycles. The summed E-state index contributed by atoms with van der Waals surface area (Å²) in [6, 6.07) is 0. The average molecular weight is 1120 g/mol. The van der Waals surface area contributed by atoms with Gasteiger partial charge >= 0.3 is 17.9 Å². The average Bonchev–Trinajstić information content (AvgIpc) is 3.46. The summed E-state index contributed by atoms with van der Waals surface area (Å²) in [7, 11) is 0. The molecule has 1 atom stereocenters. The lowest BCUT2D eigenvalue weighted by Gasteiger charge is -2.18. The van der Waals surface area contributed by atoms with Crippen molar-refractivity contribution in [1.82, 2.24) is 0 Å². The molecule has 0 spiro atoms. The number of hydrogen-bond acceptors (Lipinski definition) is 6. The third-order valence-electron chi connectivity index (χ3n) is 15.8. The molecule has 80 heavy (non-hydrogen) atoms. The minimum Gasteiger partial charge on any atom is -0.462 e. The van der Waals surface area contributed by atoms with Crippen LogP contribution < -0.4 is 0 Å². The van der Waals surface area contributed by atoms with E-state index in [0.717, 1.165) is 96.3 Å². The lowest BCUT2D eigenvalue weighted by atomic mass is 10.0. The second-order valence-electron chi connectivity index (χ2n) is 23.8. The minimum atomic E-state index is -0.778. The fourth-order valence-corrected chi connectivity index (χ4v) is 10.5. The molecule has 0 aromatic heterocycles. The van der Waals surface area contributed by atoms with Crippen molar-refractivity contribution in [1.29, 1.82) is 0 Å². The van der Waals surface area contributed by atoms with Gasteiger partial charge in [-0.25, -0.2) is 0 Å². The molecule has 0 aliphatic carbocycles. The molecule has 0 N–H and O–H groups in total. The molecule has 0 fully saturated rings. The van der Waals surface area contributed by atoms with Crippen LogP contribution in [-0.2, 0) is 28.6 Å². The van der Waals surface area contributed by atoms with Gasteiger partial charge < -0.3 is 14.2 Å². The maximum absolute atomic E-state index is 13.0. The van der Waals surface area contributed by atoms with Gasteiger partial charge in [-0.1, -0.05) is 351 Å². The van der Waals surface area contributed by atoms with E-state index in [-0.39, 0.29) is 31.1 Å². The van der Waals surface area contributed by atoms with Gasteiger partial charge in [0.1, 0.15) is 13.2 Å². The van der Waals surface area contributed by atoms with Gasteiger partial charge in [-0.3, -0.25) is 14.4 Å². The maximum Gasteiger partial charge on any atom is 0.306 e. The zero-order valence-corrected chi connectivity index (χ0v) is 53.6. The summed E-state index contributed by atoms with van der Waals surface area (Å²) in [5, 5.41) is 0. The zero-order chi connectivity index (χ0) is 57.8. The van der Waals surface area contributed by atoms with Crippen LogP contribution in [0.4, 0.5) is 0 Å². The maximum atomic E-state index is 13.0. The number of unbranched alkanes of at least 4 members (excludes halogenated alkanes) is 44. The first kappa shape index (κ1) is 77.1. The second-order valence-corrected chi connectivity index (χ2v) is 23.8. The Kier molecular flexibility index (Phi) is 66.1. The molecule has 6 nitrogen and oxygen atoms in total. The third-order valence-corrected chi connectivity index (χ3v) is 15.8. The summed E-state index contributed by atoms with van der Waals surface area (Å²) in [5.74, 6) is -0.855. The molecule has 6 heteroatoms. The minimum absolute atomic E-state index is 0.0721. The van der Waals surface area contributed by atoms with Crippen molar-refractivity contribution in [3.8, 4) is 0 Å². The SMILES string of the molecule is CC/C=C\C/C=C\C/C=C\C/C=C\C/C=C\CCCCCCCCCC(=O)OCC(COC(=O)CCCCCCCCCCCCCCCCCCCC)OC(=O)CCCCCCCCCCCCCCCCCCCCCCC. The Morgan fingerprint density at radius 2 is 0.487 bits per heavy atom. The summed E-state index contributed by atoms with van der Waals surface area (Å²) < 4.78 is 17.0. The monoisotopic (exact) mass is 1120 g/mol. The number of ether oxygens (including phenoxy) is 3. The Balaban J connectivity index is 4.35. The first-order valence-electron chi connectivity index (χ1n) is 35.3. The van der Waals surface area contributed by atoms with Crippen molar-refractivity contribution in [2.24, 2.45) is 0 Å². The molecule has 0 rings (SSSR count). The van der Waals surface area contributed by atoms with Crippen LogP contribution in [0, 0.1) is 0 Å². The molecule has 466 valence electrons. The largest absolute Gasteiger partial charge is 0.462 e. The lowest BCUT2D eigenvalue weighted by Crippen LogP contribution is -2.30. The van der Waals surface area contributed by atoms with Crippen LogP contribution in [-0.4, -0.2) is 37.2 Å². The van der Waals surface area contributed by atoms with Gasteiger partial charge in [0.2, 0.25) is 0 Å². The summed E-state index contributed by atoms with van der Waals surface area (Å²) in [5.41, 5.74) is 0. The Morgan fingerprint density at radius 1 is 0.263 bits per heavy atom. The smallest absolute Gasteiger partial charge is 0.306 e. The quantitative estimate of drug-likeness (QED) is 0.0261. The van der Waals surface area contributed by atoms with Gasteiger partial charge in [0.05, 0.1) is 0 Å². The van der Waals surface area contributed by atoms with Crippen LogP contribution in [0.5, 0.6) is 0 Å². The van der Waals surface area contributed by atoms with E-state index >= 15 is 0 Å². The van der Waals surface area contributed by atoms with E-state index < -0.39 is 6.10 Å². The number of esters is 3. The Morgan fingerprint density at radius 3 is 0.762 bits per heavy atom. The predicted octanol–water partition coefficient (Wildman–Crippen LogP) is 24.3. The van der Waals surface area contributed by atoms with Crippen molar-refractivity contribution in [3.63, 3.8) is 0 Å². The highest BCUT2D eigenvalue weighted by Gasteiger charge is 2.19. The van der Waals surface area contributed by atoms with Gasteiger partial charge in [0, 0.05) is 19.3 Å². The molecule has 1 unspecified atom stereocenters. The fourth-order valence-electron chi connectivity index (χ4n) is 10.5. The molecule has 0 bridgehead atoms. The molecular weight excluding hydrogens is 985 g/mol. The van der Waals surface area contributed by atoms with Gasteiger partial charge in [0.25, 0.3) is 0 Å². The lowest BCUT2D eigenvalue weighted by molar-refractivity contribution is -0.167.